The zero-order valence-corrected chi connectivity index (χ0v) is 10.5. The summed E-state index contributed by atoms with van der Waals surface area (Å²) in [5.41, 5.74) is 7.29. The van der Waals surface area contributed by atoms with Crippen LogP contribution in [0.5, 0.6) is 0 Å². The van der Waals surface area contributed by atoms with Crippen LogP contribution >= 0.6 is 11.6 Å². The van der Waals surface area contributed by atoms with Crippen LogP contribution in [0.1, 0.15) is 17.0 Å². The van der Waals surface area contributed by atoms with E-state index in [4.69, 9.17) is 26.7 Å². The van der Waals surface area contributed by atoms with E-state index in [9.17, 15) is 0 Å². The number of rotatable bonds is 4. The predicted molar refractivity (Wildman–Crippen MR) is 68.2 cm³/mol. The molecule has 5 nitrogen and oxygen atoms in total. The lowest BCUT2D eigenvalue weighted by atomic mass is 10.2. The van der Waals surface area contributed by atoms with Gasteiger partial charge in [-0.25, -0.2) is 0 Å². The van der Waals surface area contributed by atoms with Crippen molar-refractivity contribution in [3.8, 4) is 0 Å². The highest BCUT2D eigenvalue weighted by atomic mass is 35.5. The molecule has 0 bridgehead atoms. The molecular formula is C12H12ClN3O2. The first-order valence-corrected chi connectivity index (χ1v) is 5.66. The minimum Gasteiger partial charge on any atom is -0.386 e. The number of benzene rings is 1. The van der Waals surface area contributed by atoms with Crippen molar-refractivity contribution in [1.82, 2.24) is 5.16 Å². The average Bonchev–Trinajstić information content (AvgIpc) is 2.76. The Bertz CT molecular complexity index is 549. The summed E-state index contributed by atoms with van der Waals surface area (Å²) < 4.78 is 4.97. The number of amidine groups is 1. The Morgan fingerprint density at radius 1 is 1.44 bits per heavy atom. The highest BCUT2D eigenvalue weighted by molar-refractivity contribution is 6.30. The average molecular weight is 266 g/mol. The molecule has 1 heterocycles. The molecule has 2 rings (SSSR count). The van der Waals surface area contributed by atoms with Gasteiger partial charge in [-0.1, -0.05) is 21.9 Å². The molecule has 18 heavy (non-hydrogen) atoms. The maximum atomic E-state index is 5.77. The van der Waals surface area contributed by atoms with Crippen molar-refractivity contribution in [2.75, 3.05) is 0 Å². The number of oxime groups is 1. The Morgan fingerprint density at radius 3 is 2.78 bits per heavy atom. The molecule has 0 spiro atoms. The van der Waals surface area contributed by atoms with Gasteiger partial charge in [0.25, 0.3) is 0 Å². The van der Waals surface area contributed by atoms with E-state index in [1.54, 1.807) is 30.3 Å². The molecule has 0 fully saturated rings. The van der Waals surface area contributed by atoms with Gasteiger partial charge in [-0.05, 0) is 31.2 Å². The second-order valence-corrected chi connectivity index (χ2v) is 4.13. The van der Waals surface area contributed by atoms with Gasteiger partial charge in [-0.15, -0.1) is 0 Å². The Hall–Kier alpha value is -2.01. The van der Waals surface area contributed by atoms with E-state index in [1.165, 1.54) is 0 Å². The summed E-state index contributed by atoms with van der Waals surface area (Å²) >= 11 is 5.77. The van der Waals surface area contributed by atoms with Crippen LogP contribution < -0.4 is 5.73 Å². The van der Waals surface area contributed by atoms with Crippen molar-refractivity contribution in [3.63, 3.8) is 0 Å². The van der Waals surface area contributed by atoms with E-state index in [0.29, 0.717) is 10.8 Å². The van der Waals surface area contributed by atoms with Crippen molar-refractivity contribution >= 4 is 17.4 Å². The summed E-state index contributed by atoms with van der Waals surface area (Å²) in [5, 5.41) is 8.17. The van der Waals surface area contributed by atoms with Crippen LogP contribution in [0.3, 0.4) is 0 Å². The van der Waals surface area contributed by atoms with Gasteiger partial charge in [-0.3, -0.25) is 0 Å². The van der Waals surface area contributed by atoms with Gasteiger partial charge < -0.3 is 15.1 Å². The summed E-state index contributed by atoms with van der Waals surface area (Å²) in [6.07, 6.45) is 0. The zero-order valence-electron chi connectivity index (χ0n) is 9.76. The normalized spacial score (nSPS) is 11.6. The molecule has 0 atom stereocenters. The van der Waals surface area contributed by atoms with Gasteiger partial charge in [0.05, 0.1) is 5.69 Å². The third-order valence-electron chi connectivity index (χ3n) is 2.19. The van der Waals surface area contributed by atoms with Crippen molar-refractivity contribution < 1.29 is 9.36 Å². The van der Waals surface area contributed by atoms with Gasteiger partial charge in [-0.2, -0.15) is 0 Å². The van der Waals surface area contributed by atoms with Gasteiger partial charge in [0, 0.05) is 16.7 Å². The molecular weight excluding hydrogens is 254 g/mol. The molecule has 0 aliphatic carbocycles. The maximum Gasteiger partial charge on any atom is 0.177 e. The first kappa shape index (κ1) is 12.4. The molecule has 1 aromatic heterocycles. The van der Waals surface area contributed by atoms with E-state index in [2.05, 4.69) is 10.3 Å². The number of aryl methyl sites for hydroxylation is 1. The van der Waals surface area contributed by atoms with E-state index in [1.807, 2.05) is 6.92 Å². The van der Waals surface area contributed by atoms with Gasteiger partial charge in [0.1, 0.15) is 0 Å². The molecule has 0 saturated carbocycles. The van der Waals surface area contributed by atoms with Crippen LogP contribution in [0, 0.1) is 6.92 Å². The van der Waals surface area contributed by atoms with Crippen LogP contribution in [-0.4, -0.2) is 11.0 Å². The molecule has 1 aromatic carbocycles. The molecule has 6 heteroatoms. The Labute approximate surface area is 109 Å². The summed E-state index contributed by atoms with van der Waals surface area (Å²) in [6, 6.07) is 8.78. The molecule has 2 aromatic rings. The molecule has 2 N–H and O–H groups in total. The topological polar surface area (TPSA) is 73.6 Å². The maximum absolute atomic E-state index is 5.77. The lowest BCUT2D eigenvalue weighted by molar-refractivity contribution is 0.109. The van der Waals surface area contributed by atoms with Gasteiger partial charge in [0.15, 0.2) is 18.2 Å². The number of nitrogens with zero attached hydrogens (tertiary/aromatic N) is 2. The summed E-state index contributed by atoms with van der Waals surface area (Å²) in [7, 11) is 0. The Kier molecular flexibility index (Phi) is 3.84. The van der Waals surface area contributed by atoms with Crippen LogP contribution in [-0.2, 0) is 11.4 Å². The Balaban J connectivity index is 1.94. The number of aromatic nitrogens is 1. The smallest absolute Gasteiger partial charge is 0.177 e. The molecule has 0 saturated heterocycles. The Morgan fingerprint density at radius 2 is 2.17 bits per heavy atom. The fourth-order valence-corrected chi connectivity index (χ4v) is 1.45. The largest absolute Gasteiger partial charge is 0.386 e. The summed E-state index contributed by atoms with van der Waals surface area (Å²) in [5.74, 6) is 0.878. The highest BCUT2D eigenvalue weighted by Gasteiger charge is 2.02. The van der Waals surface area contributed by atoms with Crippen LogP contribution in [0.25, 0.3) is 0 Å². The second kappa shape index (κ2) is 5.55. The van der Waals surface area contributed by atoms with Crippen molar-refractivity contribution in [2.24, 2.45) is 10.9 Å². The van der Waals surface area contributed by atoms with E-state index < -0.39 is 0 Å². The SMILES string of the molecule is Cc1cc(CON=C(N)c2ccc(Cl)cc2)on1. The highest BCUT2D eigenvalue weighted by Crippen LogP contribution is 2.09. The van der Waals surface area contributed by atoms with Crippen molar-refractivity contribution in [2.45, 2.75) is 13.5 Å². The van der Waals surface area contributed by atoms with Crippen molar-refractivity contribution in [1.29, 1.82) is 0 Å². The van der Waals surface area contributed by atoms with Gasteiger partial charge in [0.2, 0.25) is 0 Å². The minimum absolute atomic E-state index is 0.190. The lowest BCUT2D eigenvalue weighted by Gasteiger charge is -2.00. The summed E-state index contributed by atoms with van der Waals surface area (Å²) in [6.45, 7) is 2.02. The quantitative estimate of drug-likeness (QED) is 0.524. The van der Waals surface area contributed by atoms with Gasteiger partial charge >= 0.3 is 0 Å². The lowest BCUT2D eigenvalue weighted by Crippen LogP contribution is -2.13. The van der Waals surface area contributed by atoms with E-state index in [-0.39, 0.29) is 12.4 Å². The van der Waals surface area contributed by atoms with E-state index >= 15 is 0 Å². The molecule has 0 radical (unpaired) electrons. The number of halogens is 1. The fourth-order valence-electron chi connectivity index (χ4n) is 1.32. The molecule has 0 amide bonds. The standard InChI is InChI=1S/C12H12ClN3O2/c1-8-6-11(18-15-8)7-17-16-12(14)9-2-4-10(13)5-3-9/h2-6H,7H2,1H3,(H2,14,16). The van der Waals surface area contributed by atoms with Crippen molar-refractivity contribution in [3.05, 3.63) is 52.4 Å². The first-order valence-electron chi connectivity index (χ1n) is 5.29. The van der Waals surface area contributed by atoms with E-state index in [0.717, 1.165) is 11.3 Å². The number of nitrogens with two attached hydrogens (primary N) is 1. The number of hydrogen-bond donors (Lipinski definition) is 1. The molecule has 0 aliphatic rings. The number of hydrogen-bond acceptors (Lipinski definition) is 4. The first-order chi connectivity index (χ1) is 8.65. The summed E-state index contributed by atoms with van der Waals surface area (Å²) in [4.78, 5) is 5.08. The third-order valence-corrected chi connectivity index (χ3v) is 2.44. The fraction of sp³-hybridized carbons (Fsp3) is 0.167. The predicted octanol–water partition coefficient (Wildman–Crippen LogP) is 2.47. The second-order valence-electron chi connectivity index (χ2n) is 3.69. The monoisotopic (exact) mass is 265 g/mol. The molecule has 94 valence electrons. The molecule has 0 aliphatic heterocycles. The third kappa shape index (κ3) is 3.24. The minimum atomic E-state index is 0.190. The van der Waals surface area contributed by atoms with Crippen LogP contribution in [0.4, 0.5) is 0 Å². The van der Waals surface area contributed by atoms with Crippen LogP contribution in [0.15, 0.2) is 40.0 Å². The molecule has 0 unspecified atom stereocenters. The van der Waals surface area contributed by atoms with Crippen LogP contribution in [0.2, 0.25) is 5.02 Å². The zero-order chi connectivity index (χ0) is 13.0.